The van der Waals surface area contributed by atoms with Gasteiger partial charge in [0, 0.05) is 22.5 Å². The van der Waals surface area contributed by atoms with Gasteiger partial charge in [-0.3, -0.25) is 0 Å². The first-order chi connectivity index (χ1) is 12.1. The van der Waals surface area contributed by atoms with E-state index in [1.165, 1.54) is 27.7 Å². The second-order valence-corrected chi connectivity index (χ2v) is 6.78. The van der Waals surface area contributed by atoms with Gasteiger partial charge in [-0.15, -0.1) is 0 Å². The number of rotatable bonds is 3. The molecule has 0 aliphatic carbocycles. The Bertz CT molecular complexity index is 783. The fourth-order valence-electron chi connectivity index (χ4n) is 3.07. The molecule has 0 atom stereocenters. The summed E-state index contributed by atoms with van der Waals surface area (Å²) >= 11 is 0. The number of hydrogen-bond acceptors (Lipinski definition) is 2. The van der Waals surface area contributed by atoms with E-state index in [4.69, 9.17) is 11.5 Å². The monoisotopic (exact) mass is 390 g/mol. The molecule has 8 heteroatoms. The molecule has 0 aromatic heterocycles. The van der Waals surface area contributed by atoms with Crippen LogP contribution in [0, 0.1) is 27.7 Å². The number of alkyl halides is 6. The Morgan fingerprint density at radius 3 is 1.07 bits per heavy atom. The van der Waals surface area contributed by atoms with Crippen molar-refractivity contribution in [3.05, 3.63) is 57.6 Å². The summed E-state index contributed by atoms with van der Waals surface area (Å²) in [6.45, 7) is 5.66. The number of anilines is 2. The third kappa shape index (κ3) is 3.11. The Kier molecular flexibility index (Phi) is 4.92. The maximum Gasteiger partial charge on any atom is 0.457 e. The van der Waals surface area contributed by atoms with Gasteiger partial charge in [-0.2, -0.15) is 22.0 Å². The predicted molar refractivity (Wildman–Crippen MR) is 93.5 cm³/mol. The number of hydrogen-bond donors (Lipinski definition) is 2. The Balaban J connectivity index is 2.94. The molecule has 0 aliphatic heterocycles. The van der Waals surface area contributed by atoms with E-state index in [1.54, 1.807) is 0 Å². The quantitative estimate of drug-likeness (QED) is 0.537. The molecular formula is C19H20F6N2. The van der Waals surface area contributed by atoms with Crippen LogP contribution < -0.4 is 11.5 Å². The smallest absolute Gasteiger partial charge is 0.398 e. The van der Waals surface area contributed by atoms with E-state index in [0.717, 1.165) is 24.3 Å². The highest BCUT2D eigenvalue weighted by atomic mass is 19.4. The molecule has 2 aromatic rings. The van der Waals surface area contributed by atoms with Gasteiger partial charge in [0.05, 0.1) is 0 Å². The summed E-state index contributed by atoms with van der Waals surface area (Å²) in [5.41, 5.74) is 6.90. The molecule has 27 heavy (non-hydrogen) atoms. The first-order valence-electron chi connectivity index (χ1n) is 8.02. The van der Waals surface area contributed by atoms with Gasteiger partial charge in [-0.25, -0.2) is 4.39 Å². The lowest BCUT2D eigenvalue weighted by molar-refractivity contribution is -0.323. The summed E-state index contributed by atoms with van der Waals surface area (Å²) in [5.74, 6) is -5.69. The van der Waals surface area contributed by atoms with E-state index in [2.05, 4.69) is 0 Å². The lowest BCUT2D eigenvalue weighted by atomic mass is 9.79. The molecule has 0 amide bonds. The maximum absolute atomic E-state index is 16.0. The summed E-state index contributed by atoms with van der Waals surface area (Å²) < 4.78 is 84.7. The molecular weight excluding hydrogens is 370 g/mol. The van der Waals surface area contributed by atoms with Crippen LogP contribution in [0.25, 0.3) is 0 Å². The van der Waals surface area contributed by atoms with Crippen molar-refractivity contribution in [1.82, 2.24) is 0 Å². The standard InChI is InChI=1S/C19H20F6N2/c1-9-5-13(6-10(2)15(9)26)17(20,18(21,22)19(23,24)25)14-7-11(3)16(27)12(4)8-14/h5-8H,26-27H2,1-4H3. The van der Waals surface area contributed by atoms with Crippen LogP contribution in [0.3, 0.4) is 0 Å². The Labute approximate surface area is 153 Å². The number of aryl methyl sites for hydroxylation is 4. The number of nitrogens with two attached hydrogens (primary N) is 2. The van der Waals surface area contributed by atoms with Crippen molar-refractivity contribution < 1.29 is 26.3 Å². The summed E-state index contributed by atoms with van der Waals surface area (Å²) in [6.07, 6.45) is -6.12. The Hall–Kier alpha value is -2.38. The van der Waals surface area contributed by atoms with Crippen LogP contribution in [-0.4, -0.2) is 12.1 Å². The molecule has 0 saturated heterocycles. The highest BCUT2D eigenvalue weighted by Gasteiger charge is 2.72. The Morgan fingerprint density at radius 2 is 0.852 bits per heavy atom. The van der Waals surface area contributed by atoms with Gasteiger partial charge in [0.25, 0.3) is 0 Å². The minimum Gasteiger partial charge on any atom is -0.398 e. The van der Waals surface area contributed by atoms with Crippen molar-refractivity contribution in [1.29, 1.82) is 0 Å². The summed E-state index contributed by atoms with van der Waals surface area (Å²) in [7, 11) is 0. The van der Waals surface area contributed by atoms with Crippen LogP contribution in [0.2, 0.25) is 0 Å². The van der Waals surface area contributed by atoms with Crippen LogP contribution in [0.5, 0.6) is 0 Å². The molecule has 4 N–H and O–H groups in total. The van der Waals surface area contributed by atoms with Crippen LogP contribution in [0.1, 0.15) is 33.4 Å². The highest BCUT2D eigenvalue weighted by molar-refractivity contribution is 5.60. The first-order valence-corrected chi connectivity index (χ1v) is 8.02. The summed E-state index contributed by atoms with van der Waals surface area (Å²) in [4.78, 5) is 0. The summed E-state index contributed by atoms with van der Waals surface area (Å²) in [6, 6.07) is 3.68. The largest absolute Gasteiger partial charge is 0.457 e. The van der Waals surface area contributed by atoms with Crippen molar-refractivity contribution in [2.75, 3.05) is 11.5 Å². The van der Waals surface area contributed by atoms with Crippen molar-refractivity contribution in [3.63, 3.8) is 0 Å². The molecule has 0 saturated carbocycles. The third-order valence-electron chi connectivity index (χ3n) is 4.77. The zero-order valence-corrected chi connectivity index (χ0v) is 15.2. The molecule has 148 valence electrons. The molecule has 2 aromatic carbocycles. The average Bonchev–Trinajstić information content (AvgIpc) is 2.54. The second kappa shape index (κ2) is 6.35. The third-order valence-corrected chi connectivity index (χ3v) is 4.77. The molecule has 0 aliphatic rings. The van der Waals surface area contributed by atoms with Gasteiger partial charge in [0.15, 0.2) is 0 Å². The van der Waals surface area contributed by atoms with Crippen LogP contribution in [-0.2, 0) is 5.67 Å². The van der Waals surface area contributed by atoms with E-state index in [-0.39, 0.29) is 33.6 Å². The number of nitrogen functional groups attached to an aromatic ring is 2. The van der Waals surface area contributed by atoms with Gasteiger partial charge in [-0.1, -0.05) is 24.3 Å². The lowest BCUT2D eigenvalue weighted by Crippen LogP contribution is -2.53. The molecule has 2 nitrogen and oxygen atoms in total. The van der Waals surface area contributed by atoms with E-state index in [1.807, 2.05) is 0 Å². The van der Waals surface area contributed by atoms with Gasteiger partial charge in [0.1, 0.15) is 0 Å². The van der Waals surface area contributed by atoms with Crippen LogP contribution in [0.4, 0.5) is 37.7 Å². The van der Waals surface area contributed by atoms with E-state index >= 15 is 4.39 Å². The second-order valence-electron chi connectivity index (χ2n) is 6.78. The van der Waals surface area contributed by atoms with Crippen molar-refractivity contribution >= 4 is 11.4 Å². The lowest BCUT2D eigenvalue weighted by Gasteiger charge is -2.36. The van der Waals surface area contributed by atoms with Crippen LogP contribution >= 0.6 is 0 Å². The van der Waals surface area contributed by atoms with Crippen molar-refractivity contribution in [2.24, 2.45) is 0 Å². The van der Waals surface area contributed by atoms with E-state index in [0.29, 0.717) is 0 Å². The number of benzene rings is 2. The average molecular weight is 390 g/mol. The fraction of sp³-hybridized carbons (Fsp3) is 0.368. The normalized spacial score (nSPS) is 13.1. The highest BCUT2D eigenvalue weighted by Crippen LogP contribution is 2.55. The molecule has 0 radical (unpaired) electrons. The number of halogens is 6. The SMILES string of the molecule is Cc1cc(C(F)(c2cc(C)c(N)c(C)c2)C(F)(F)C(F)(F)F)cc(C)c1N. The molecule has 0 bridgehead atoms. The predicted octanol–water partition coefficient (Wildman–Crippen LogP) is 5.50. The molecule has 0 spiro atoms. The molecule has 0 unspecified atom stereocenters. The fourth-order valence-corrected chi connectivity index (χ4v) is 3.07. The molecule has 0 fully saturated rings. The van der Waals surface area contributed by atoms with Crippen LogP contribution in [0.15, 0.2) is 24.3 Å². The topological polar surface area (TPSA) is 52.0 Å². The zero-order valence-electron chi connectivity index (χ0n) is 15.2. The van der Waals surface area contributed by atoms with Gasteiger partial charge >= 0.3 is 12.1 Å². The summed E-state index contributed by atoms with van der Waals surface area (Å²) in [5, 5.41) is 0. The first kappa shape index (κ1) is 20.9. The van der Waals surface area contributed by atoms with Crippen molar-refractivity contribution in [2.45, 2.75) is 45.5 Å². The minimum atomic E-state index is -6.12. The maximum atomic E-state index is 16.0. The Morgan fingerprint density at radius 1 is 0.593 bits per heavy atom. The molecule has 2 rings (SSSR count). The van der Waals surface area contributed by atoms with Gasteiger partial charge < -0.3 is 11.5 Å². The van der Waals surface area contributed by atoms with Gasteiger partial charge in [0.2, 0.25) is 5.67 Å². The zero-order chi connectivity index (χ0) is 20.9. The van der Waals surface area contributed by atoms with E-state index < -0.39 is 28.9 Å². The van der Waals surface area contributed by atoms with E-state index in [9.17, 15) is 22.0 Å². The molecule has 0 heterocycles. The van der Waals surface area contributed by atoms with Crippen molar-refractivity contribution in [3.8, 4) is 0 Å². The minimum absolute atomic E-state index is 0.195. The van der Waals surface area contributed by atoms with Gasteiger partial charge in [-0.05, 0) is 49.9 Å².